The molecule has 3 aromatic rings. The highest BCUT2D eigenvalue weighted by molar-refractivity contribution is 6.09. The van der Waals surface area contributed by atoms with Gasteiger partial charge in [0.2, 0.25) is 0 Å². The van der Waals surface area contributed by atoms with Gasteiger partial charge in [-0.2, -0.15) is 5.10 Å². The zero-order valence-electron chi connectivity index (χ0n) is 11.2. The molecule has 2 N–H and O–H groups in total. The van der Waals surface area contributed by atoms with Gasteiger partial charge in [-0.3, -0.25) is 5.10 Å². The molecule has 5 nitrogen and oxygen atoms in total. The molecule has 1 heterocycles. The van der Waals surface area contributed by atoms with Crippen molar-refractivity contribution >= 4 is 16.7 Å². The van der Waals surface area contributed by atoms with Gasteiger partial charge in [-0.25, -0.2) is 9.78 Å². The Balaban J connectivity index is 1.96. The predicted molar refractivity (Wildman–Crippen MR) is 78.3 cm³/mol. The smallest absolute Gasteiger partial charge is 0.336 e. The standard InChI is InChI=1S/C16H13N3O2/c20-16(21)12-6-2-4-9-3-1-5-11(13(9)12)15-17-14(18-19-15)10-7-8-10/h1-6,10H,7-8H2,(H,20,21)(H,17,18,19). The van der Waals surface area contributed by atoms with Gasteiger partial charge in [0, 0.05) is 16.9 Å². The van der Waals surface area contributed by atoms with Crippen LogP contribution in [0.25, 0.3) is 22.2 Å². The molecule has 0 saturated heterocycles. The Morgan fingerprint density at radius 1 is 1.19 bits per heavy atom. The number of aromatic nitrogens is 3. The molecule has 21 heavy (non-hydrogen) atoms. The number of rotatable bonds is 3. The van der Waals surface area contributed by atoms with Gasteiger partial charge in [0.05, 0.1) is 5.56 Å². The number of carbonyl (C=O) groups is 1. The largest absolute Gasteiger partial charge is 0.478 e. The number of nitrogens with zero attached hydrogens (tertiary/aromatic N) is 2. The number of aromatic amines is 1. The van der Waals surface area contributed by atoms with Crippen LogP contribution in [-0.4, -0.2) is 26.3 Å². The second-order valence-corrected chi connectivity index (χ2v) is 5.33. The average Bonchev–Trinajstić information content (AvgIpc) is 3.23. The lowest BCUT2D eigenvalue weighted by atomic mass is 9.99. The number of benzene rings is 2. The van der Waals surface area contributed by atoms with Crippen molar-refractivity contribution in [1.29, 1.82) is 0 Å². The molecule has 0 unspecified atom stereocenters. The number of hydrogen-bond donors (Lipinski definition) is 2. The number of hydrogen-bond acceptors (Lipinski definition) is 3. The maximum absolute atomic E-state index is 11.5. The third-order valence-electron chi connectivity index (χ3n) is 3.84. The molecular weight excluding hydrogens is 266 g/mol. The molecule has 2 aromatic carbocycles. The van der Waals surface area contributed by atoms with E-state index in [9.17, 15) is 9.90 Å². The number of carboxylic acids is 1. The van der Waals surface area contributed by atoms with E-state index in [2.05, 4.69) is 15.2 Å². The molecule has 0 amide bonds. The number of nitrogens with one attached hydrogen (secondary N) is 1. The molecule has 0 radical (unpaired) electrons. The highest BCUT2D eigenvalue weighted by Crippen LogP contribution is 2.39. The number of fused-ring (bicyclic) bond motifs is 1. The second kappa shape index (κ2) is 4.41. The molecule has 0 aliphatic heterocycles. The number of carboxylic acid groups (broad SMARTS) is 1. The van der Waals surface area contributed by atoms with Crippen molar-refractivity contribution in [3.05, 3.63) is 47.8 Å². The van der Waals surface area contributed by atoms with Gasteiger partial charge < -0.3 is 5.11 Å². The van der Waals surface area contributed by atoms with Crippen molar-refractivity contribution in [3.63, 3.8) is 0 Å². The van der Waals surface area contributed by atoms with E-state index in [-0.39, 0.29) is 5.56 Å². The molecule has 1 aromatic heterocycles. The zero-order valence-corrected chi connectivity index (χ0v) is 11.2. The highest BCUT2D eigenvalue weighted by atomic mass is 16.4. The summed E-state index contributed by atoms with van der Waals surface area (Å²) < 4.78 is 0. The maximum Gasteiger partial charge on any atom is 0.336 e. The topological polar surface area (TPSA) is 78.9 Å². The van der Waals surface area contributed by atoms with Gasteiger partial charge in [0.25, 0.3) is 0 Å². The third kappa shape index (κ3) is 1.98. The van der Waals surface area contributed by atoms with Crippen LogP contribution >= 0.6 is 0 Å². The summed E-state index contributed by atoms with van der Waals surface area (Å²) >= 11 is 0. The zero-order chi connectivity index (χ0) is 14.4. The number of aromatic carboxylic acids is 1. The summed E-state index contributed by atoms with van der Waals surface area (Å²) in [5.74, 6) is 1.01. The van der Waals surface area contributed by atoms with Gasteiger partial charge >= 0.3 is 5.97 Å². The molecule has 4 rings (SSSR count). The molecule has 1 aliphatic rings. The van der Waals surface area contributed by atoms with E-state index in [1.807, 2.05) is 24.3 Å². The molecule has 0 atom stereocenters. The highest BCUT2D eigenvalue weighted by Gasteiger charge is 2.27. The van der Waals surface area contributed by atoms with Gasteiger partial charge in [-0.15, -0.1) is 0 Å². The quantitative estimate of drug-likeness (QED) is 0.771. The monoisotopic (exact) mass is 279 g/mol. The first-order valence-corrected chi connectivity index (χ1v) is 6.92. The molecular formula is C16H13N3O2. The summed E-state index contributed by atoms with van der Waals surface area (Å²) in [7, 11) is 0. The maximum atomic E-state index is 11.5. The first-order chi connectivity index (χ1) is 10.2. The van der Waals surface area contributed by atoms with Crippen molar-refractivity contribution in [1.82, 2.24) is 15.2 Å². The Hall–Kier alpha value is -2.69. The lowest BCUT2D eigenvalue weighted by molar-refractivity contribution is 0.0699. The SMILES string of the molecule is O=C(O)c1cccc2cccc(-c3n[nH]c(C4CC4)n3)c12. The van der Waals surface area contributed by atoms with Gasteiger partial charge in [0.15, 0.2) is 5.82 Å². The Morgan fingerprint density at radius 2 is 1.95 bits per heavy atom. The molecule has 1 aliphatic carbocycles. The molecule has 0 spiro atoms. The summed E-state index contributed by atoms with van der Waals surface area (Å²) in [6.07, 6.45) is 2.29. The van der Waals surface area contributed by atoms with Crippen LogP contribution in [0.5, 0.6) is 0 Å². The fourth-order valence-electron chi connectivity index (χ4n) is 2.64. The lowest BCUT2D eigenvalue weighted by Gasteiger charge is -2.06. The molecule has 0 bridgehead atoms. The predicted octanol–water partition coefficient (Wildman–Crippen LogP) is 3.20. The Morgan fingerprint density at radius 3 is 2.67 bits per heavy atom. The van der Waals surface area contributed by atoms with Crippen molar-refractivity contribution in [2.24, 2.45) is 0 Å². The van der Waals surface area contributed by atoms with Crippen LogP contribution < -0.4 is 0 Å². The van der Waals surface area contributed by atoms with Gasteiger partial charge in [-0.1, -0.05) is 30.3 Å². The van der Waals surface area contributed by atoms with Crippen LogP contribution in [-0.2, 0) is 0 Å². The molecule has 1 saturated carbocycles. The molecule has 5 heteroatoms. The molecule has 1 fully saturated rings. The van der Waals surface area contributed by atoms with Crippen LogP contribution in [0.2, 0.25) is 0 Å². The van der Waals surface area contributed by atoms with Crippen molar-refractivity contribution in [2.75, 3.05) is 0 Å². The fraction of sp³-hybridized carbons (Fsp3) is 0.188. The summed E-state index contributed by atoms with van der Waals surface area (Å²) in [6.45, 7) is 0. The van der Waals surface area contributed by atoms with E-state index < -0.39 is 5.97 Å². The first-order valence-electron chi connectivity index (χ1n) is 6.92. The minimum absolute atomic E-state index is 0.279. The minimum atomic E-state index is -0.939. The lowest BCUT2D eigenvalue weighted by Crippen LogP contribution is -1.98. The summed E-state index contributed by atoms with van der Waals surface area (Å²) in [6, 6.07) is 10.9. The summed E-state index contributed by atoms with van der Waals surface area (Å²) in [5, 5.41) is 18.2. The van der Waals surface area contributed by atoms with E-state index in [4.69, 9.17) is 0 Å². The van der Waals surface area contributed by atoms with Crippen LogP contribution in [0.15, 0.2) is 36.4 Å². The van der Waals surface area contributed by atoms with Crippen LogP contribution in [0.3, 0.4) is 0 Å². The number of H-pyrrole nitrogens is 1. The van der Waals surface area contributed by atoms with Crippen LogP contribution in [0.4, 0.5) is 0 Å². The van der Waals surface area contributed by atoms with E-state index in [1.165, 1.54) is 0 Å². The van der Waals surface area contributed by atoms with Crippen LogP contribution in [0.1, 0.15) is 34.9 Å². The van der Waals surface area contributed by atoms with Crippen molar-refractivity contribution in [3.8, 4) is 11.4 Å². The summed E-state index contributed by atoms with van der Waals surface area (Å²) in [4.78, 5) is 16.0. The van der Waals surface area contributed by atoms with Crippen molar-refractivity contribution < 1.29 is 9.90 Å². The van der Waals surface area contributed by atoms with E-state index in [0.717, 1.165) is 29.6 Å². The second-order valence-electron chi connectivity index (χ2n) is 5.33. The Labute approximate surface area is 120 Å². The van der Waals surface area contributed by atoms with Gasteiger partial charge in [0.1, 0.15) is 5.82 Å². The van der Waals surface area contributed by atoms with Gasteiger partial charge in [-0.05, 0) is 24.3 Å². The van der Waals surface area contributed by atoms with E-state index in [1.54, 1.807) is 12.1 Å². The Bertz CT molecular complexity index is 844. The van der Waals surface area contributed by atoms with Crippen LogP contribution in [0, 0.1) is 0 Å². The van der Waals surface area contributed by atoms with E-state index in [0.29, 0.717) is 17.1 Å². The Kier molecular flexibility index (Phi) is 2.54. The van der Waals surface area contributed by atoms with Crippen molar-refractivity contribution in [2.45, 2.75) is 18.8 Å². The van der Waals surface area contributed by atoms with E-state index >= 15 is 0 Å². The fourth-order valence-corrected chi connectivity index (χ4v) is 2.64. The first kappa shape index (κ1) is 12.1. The molecule has 104 valence electrons. The third-order valence-corrected chi connectivity index (χ3v) is 3.84. The normalized spacial score (nSPS) is 14.5. The average molecular weight is 279 g/mol. The minimum Gasteiger partial charge on any atom is -0.478 e. The summed E-state index contributed by atoms with van der Waals surface area (Å²) in [5.41, 5.74) is 1.04.